The lowest BCUT2D eigenvalue weighted by molar-refractivity contribution is 0.0690. The molecule has 1 heterocycles. The van der Waals surface area contributed by atoms with Crippen molar-refractivity contribution in [3.63, 3.8) is 0 Å². The lowest BCUT2D eigenvalue weighted by Gasteiger charge is -2.04. The number of hydrogen-bond donors (Lipinski definition) is 1. The Balaban J connectivity index is 2.52. The average Bonchev–Trinajstić information content (AvgIpc) is 2.39. The van der Waals surface area contributed by atoms with E-state index in [1.165, 1.54) is 17.8 Å². The van der Waals surface area contributed by atoms with E-state index < -0.39 is 5.97 Å². The molecule has 0 unspecified atom stereocenters. The van der Waals surface area contributed by atoms with Gasteiger partial charge in [0.2, 0.25) is 0 Å². The minimum Gasteiger partial charge on any atom is -0.477 e. The van der Waals surface area contributed by atoms with Crippen LogP contribution in [0.15, 0.2) is 39.8 Å². The van der Waals surface area contributed by atoms with Crippen molar-refractivity contribution in [3.05, 3.63) is 40.5 Å². The maximum Gasteiger partial charge on any atom is 0.354 e. The summed E-state index contributed by atoms with van der Waals surface area (Å²) in [6, 6.07) is 8.88. The molecular weight excluding hydrogens is 316 g/mol. The van der Waals surface area contributed by atoms with E-state index in [1.54, 1.807) is 0 Å². The topological polar surface area (TPSA) is 63.1 Å². The monoisotopic (exact) mass is 324 g/mol. The first-order valence-corrected chi connectivity index (χ1v) is 7.04. The van der Waals surface area contributed by atoms with Crippen LogP contribution in [0.2, 0.25) is 0 Å². The second-order valence-electron chi connectivity index (χ2n) is 3.43. The highest BCUT2D eigenvalue weighted by Crippen LogP contribution is 2.22. The van der Waals surface area contributed by atoms with Crippen molar-refractivity contribution in [2.45, 2.75) is 5.03 Å². The number of benzene rings is 1. The number of nitrogens with zero attached hydrogens (tertiary/aromatic N) is 2. The molecule has 2 rings (SSSR count). The van der Waals surface area contributed by atoms with Gasteiger partial charge in [-0.15, -0.1) is 11.8 Å². The minimum atomic E-state index is -1.05. The number of aromatic carboxylic acids is 1. The van der Waals surface area contributed by atoms with Gasteiger partial charge in [0.05, 0.1) is 0 Å². The Labute approximate surface area is 117 Å². The van der Waals surface area contributed by atoms with Gasteiger partial charge in [-0.25, -0.2) is 14.8 Å². The van der Waals surface area contributed by atoms with Gasteiger partial charge in [0.25, 0.3) is 0 Å². The molecule has 0 amide bonds. The Kier molecular flexibility index (Phi) is 3.98. The Morgan fingerprint density at radius 3 is 2.50 bits per heavy atom. The number of rotatable bonds is 3. The molecule has 1 aromatic carbocycles. The SMILES string of the molecule is CSc1cc(C(=O)O)nc(-c2ccc(Br)cc2)n1. The number of thioether (sulfide) groups is 1. The molecule has 1 N–H and O–H groups in total. The second-order valence-corrected chi connectivity index (χ2v) is 5.17. The zero-order valence-electron chi connectivity index (χ0n) is 9.42. The van der Waals surface area contributed by atoms with E-state index in [2.05, 4.69) is 25.9 Å². The van der Waals surface area contributed by atoms with Crippen LogP contribution in [0.5, 0.6) is 0 Å². The summed E-state index contributed by atoms with van der Waals surface area (Å²) >= 11 is 4.73. The van der Waals surface area contributed by atoms with E-state index in [0.717, 1.165) is 10.0 Å². The zero-order valence-corrected chi connectivity index (χ0v) is 11.8. The number of carboxylic acid groups (broad SMARTS) is 1. The van der Waals surface area contributed by atoms with Crippen LogP contribution in [0, 0.1) is 0 Å². The van der Waals surface area contributed by atoms with Gasteiger partial charge >= 0.3 is 5.97 Å². The first-order chi connectivity index (χ1) is 8.60. The lowest BCUT2D eigenvalue weighted by atomic mass is 10.2. The molecule has 0 saturated heterocycles. The summed E-state index contributed by atoms with van der Waals surface area (Å²) in [6.07, 6.45) is 1.85. The normalized spacial score (nSPS) is 10.3. The summed E-state index contributed by atoms with van der Waals surface area (Å²) in [5.74, 6) is -0.627. The number of carbonyl (C=O) groups is 1. The van der Waals surface area contributed by atoms with Crippen molar-refractivity contribution < 1.29 is 9.90 Å². The molecule has 0 aliphatic rings. The molecule has 0 bridgehead atoms. The molecule has 0 aliphatic heterocycles. The molecule has 0 saturated carbocycles. The van der Waals surface area contributed by atoms with E-state index >= 15 is 0 Å². The highest BCUT2D eigenvalue weighted by molar-refractivity contribution is 9.10. The number of halogens is 1. The summed E-state index contributed by atoms with van der Waals surface area (Å²) < 4.78 is 0.950. The summed E-state index contributed by atoms with van der Waals surface area (Å²) in [5, 5.41) is 9.65. The molecular formula is C12H9BrN2O2S. The van der Waals surface area contributed by atoms with Crippen LogP contribution in [0.3, 0.4) is 0 Å². The van der Waals surface area contributed by atoms with Gasteiger partial charge in [0, 0.05) is 16.1 Å². The standard InChI is InChI=1S/C12H9BrN2O2S/c1-18-10-6-9(12(16)17)14-11(15-10)7-2-4-8(13)5-3-7/h2-6H,1H3,(H,16,17). The molecule has 1 aromatic heterocycles. The van der Waals surface area contributed by atoms with E-state index in [1.807, 2.05) is 30.5 Å². The molecule has 6 heteroatoms. The molecule has 0 aliphatic carbocycles. The van der Waals surface area contributed by atoms with Gasteiger partial charge in [-0.05, 0) is 18.4 Å². The summed E-state index contributed by atoms with van der Waals surface area (Å²) in [4.78, 5) is 19.3. The Morgan fingerprint density at radius 1 is 1.28 bits per heavy atom. The van der Waals surface area contributed by atoms with Gasteiger partial charge < -0.3 is 5.11 Å². The molecule has 92 valence electrons. The third kappa shape index (κ3) is 2.88. The van der Waals surface area contributed by atoms with Crippen LogP contribution in [0.25, 0.3) is 11.4 Å². The van der Waals surface area contributed by atoms with Crippen molar-refractivity contribution >= 4 is 33.7 Å². The number of carboxylic acids is 1. The second kappa shape index (κ2) is 5.49. The highest BCUT2D eigenvalue weighted by atomic mass is 79.9. The van der Waals surface area contributed by atoms with Crippen molar-refractivity contribution in [1.29, 1.82) is 0 Å². The maximum absolute atomic E-state index is 11.0. The van der Waals surface area contributed by atoms with Crippen LogP contribution in [0.1, 0.15) is 10.5 Å². The highest BCUT2D eigenvalue weighted by Gasteiger charge is 2.11. The Hall–Kier alpha value is -1.40. The van der Waals surface area contributed by atoms with Gasteiger partial charge in [0.15, 0.2) is 11.5 Å². The lowest BCUT2D eigenvalue weighted by Crippen LogP contribution is -2.03. The van der Waals surface area contributed by atoms with Crippen molar-refractivity contribution in [2.24, 2.45) is 0 Å². The predicted molar refractivity (Wildman–Crippen MR) is 73.9 cm³/mol. The zero-order chi connectivity index (χ0) is 13.1. The van der Waals surface area contributed by atoms with Crippen molar-refractivity contribution in [1.82, 2.24) is 9.97 Å². The van der Waals surface area contributed by atoms with Crippen LogP contribution in [-0.2, 0) is 0 Å². The largest absolute Gasteiger partial charge is 0.477 e. The molecule has 0 radical (unpaired) electrons. The fourth-order valence-electron chi connectivity index (χ4n) is 1.37. The van der Waals surface area contributed by atoms with Gasteiger partial charge in [0.1, 0.15) is 5.03 Å². The summed E-state index contributed by atoms with van der Waals surface area (Å²) in [6.45, 7) is 0. The van der Waals surface area contributed by atoms with Crippen LogP contribution in [0.4, 0.5) is 0 Å². The minimum absolute atomic E-state index is 0.00673. The van der Waals surface area contributed by atoms with Gasteiger partial charge in [-0.3, -0.25) is 0 Å². The van der Waals surface area contributed by atoms with E-state index in [0.29, 0.717) is 10.9 Å². The molecule has 0 fully saturated rings. The summed E-state index contributed by atoms with van der Waals surface area (Å²) in [7, 11) is 0. The van der Waals surface area contributed by atoms with Crippen LogP contribution < -0.4 is 0 Å². The summed E-state index contributed by atoms with van der Waals surface area (Å²) in [5.41, 5.74) is 0.795. The quantitative estimate of drug-likeness (QED) is 0.693. The Morgan fingerprint density at radius 2 is 1.94 bits per heavy atom. The van der Waals surface area contributed by atoms with Crippen LogP contribution >= 0.6 is 27.7 Å². The number of aromatic nitrogens is 2. The predicted octanol–water partition coefficient (Wildman–Crippen LogP) is 3.33. The third-order valence-corrected chi connectivity index (χ3v) is 3.39. The molecule has 4 nitrogen and oxygen atoms in total. The fourth-order valence-corrected chi connectivity index (χ4v) is 2.04. The first kappa shape index (κ1) is 13.0. The molecule has 18 heavy (non-hydrogen) atoms. The van der Waals surface area contributed by atoms with Gasteiger partial charge in [-0.2, -0.15) is 0 Å². The van der Waals surface area contributed by atoms with Gasteiger partial charge in [-0.1, -0.05) is 28.1 Å². The average molecular weight is 325 g/mol. The maximum atomic E-state index is 11.0. The van der Waals surface area contributed by atoms with Crippen molar-refractivity contribution in [3.8, 4) is 11.4 Å². The fraction of sp³-hybridized carbons (Fsp3) is 0.0833. The van der Waals surface area contributed by atoms with Crippen molar-refractivity contribution in [2.75, 3.05) is 6.26 Å². The van der Waals surface area contributed by atoms with Crippen LogP contribution in [-0.4, -0.2) is 27.3 Å². The first-order valence-electron chi connectivity index (χ1n) is 5.02. The van der Waals surface area contributed by atoms with E-state index in [-0.39, 0.29) is 5.69 Å². The molecule has 2 aromatic rings. The molecule has 0 spiro atoms. The third-order valence-electron chi connectivity index (χ3n) is 2.23. The van der Waals surface area contributed by atoms with E-state index in [9.17, 15) is 4.79 Å². The molecule has 0 atom stereocenters. The smallest absolute Gasteiger partial charge is 0.354 e. The van der Waals surface area contributed by atoms with E-state index in [4.69, 9.17) is 5.11 Å². The Bertz CT molecular complexity index is 587. The number of hydrogen-bond acceptors (Lipinski definition) is 4.